The molecule has 2 aliphatic rings. The topological polar surface area (TPSA) is 69.5 Å². The Bertz CT molecular complexity index is 1470. The standard InChI is InChI=1S/C28H22F4N4O2S/c29-22-10-9-19(15-24(22)38-13-4-8-18-6-2-1-3-7-18)36-26(39)35(25(37)27(36)11-5-12-27)20-14-21(28(30,31)32)23(16-33)34-17-20/h1-3,6-7,9-10,14-15,17H,4-5,8,11-13H2. The number of halogens is 4. The summed E-state index contributed by atoms with van der Waals surface area (Å²) >= 11 is 5.61. The van der Waals surface area contributed by atoms with Gasteiger partial charge in [0.25, 0.3) is 5.91 Å². The Kier molecular flexibility index (Phi) is 6.99. The van der Waals surface area contributed by atoms with Crippen LogP contribution in [0.2, 0.25) is 0 Å². The van der Waals surface area contributed by atoms with E-state index in [1.165, 1.54) is 24.3 Å². The van der Waals surface area contributed by atoms with Crippen LogP contribution in [-0.2, 0) is 17.4 Å². The maximum Gasteiger partial charge on any atom is 0.419 e. The highest BCUT2D eigenvalue weighted by Crippen LogP contribution is 2.48. The number of rotatable bonds is 7. The zero-order valence-corrected chi connectivity index (χ0v) is 21.4. The van der Waals surface area contributed by atoms with Crippen molar-refractivity contribution in [3.8, 4) is 11.8 Å². The van der Waals surface area contributed by atoms with Crippen LogP contribution in [0.5, 0.6) is 5.75 Å². The molecule has 0 N–H and O–H groups in total. The van der Waals surface area contributed by atoms with Gasteiger partial charge < -0.3 is 9.64 Å². The van der Waals surface area contributed by atoms with Crippen molar-refractivity contribution in [1.29, 1.82) is 5.26 Å². The van der Waals surface area contributed by atoms with Gasteiger partial charge in [-0.15, -0.1) is 0 Å². The highest BCUT2D eigenvalue weighted by molar-refractivity contribution is 7.81. The van der Waals surface area contributed by atoms with Gasteiger partial charge in [-0.25, -0.2) is 9.37 Å². The summed E-state index contributed by atoms with van der Waals surface area (Å²) in [4.78, 5) is 19.8. The van der Waals surface area contributed by atoms with E-state index in [0.29, 0.717) is 37.4 Å². The first-order chi connectivity index (χ1) is 18.7. The summed E-state index contributed by atoms with van der Waals surface area (Å²) in [5.74, 6) is -1.09. The SMILES string of the molecule is N#Cc1ncc(N2C(=O)C3(CCC3)N(c3ccc(F)c(OCCCc4ccccc4)c3)C2=S)cc1C(F)(F)F. The van der Waals surface area contributed by atoms with Gasteiger partial charge in [0.15, 0.2) is 22.4 Å². The number of pyridine rings is 1. The first-order valence-electron chi connectivity index (χ1n) is 12.3. The van der Waals surface area contributed by atoms with Crippen molar-refractivity contribution in [2.24, 2.45) is 0 Å². The maximum atomic E-state index is 14.6. The molecular formula is C28H22F4N4O2S. The van der Waals surface area contributed by atoms with E-state index in [-0.39, 0.29) is 23.2 Å². The second-order valence-corrected chi connectivity index (χ2v) is 9.76. The molecule has 1 saturated carbocycles. The third-order valence-corrected chi connectivity index (χ3v) is 7.38. The fraction of sp³-hybridized carbons (Fsp3) is 0.286. The molecule has 3 aromatic rings. The van der Waals surface area contributed by atoms with Crippen molar-refractivity contribution in [3.63, 3.8) is 0 Å². The Morgan fingerprint density at radius 2 is 1.85 bits per heavy atom. The number of carbonyl (C=O) groups is 1. The average Bonchev–Trinajstić information content (AvgIpc) is 3.14. The predicted molar refractivity (Wildman–Crippen MR) is 140 cm³/mol. The van der Waals surface area contributed by atoms with Gasteiger partial charge in [-0.2, -0.15) is 18.4 Å². The second-order valence-electron chi connectivity index (χ2n) is 9.40. The summed E-state index contributed by atoms with van der Waals surface area (Å²) in [6.45, 7) is 0.257. The van der Waals surface area contributed by atoms with Crippen LogP contribution in [0, 0.1) is 17.1 Å². The molecule has 6 nitrogen and oxygen atoms in total. The molecule has 0 atom stereocenters. The Morgan fingerprint density at radius 3 is 2.49 bits per heavy atom. The zero-order valence-electron chi connectivity index (χ0n) is 20.5. The van der Waals surface area contributed by atoms with Crippen molar-refractivity contribution < 1.29 is 27.1 Å². The summed E-state index contributed by atoms with van der Waals surface area (Å²) < 4.78 is 61.1. The van der Waals surface area contributed by atoms with E-state index in [0.717, 1.165) is 23.1 Å². The number of nitrogens with zero attached hydrogens (tertiary/aromatic N) is 4. The van der Waals surface area contributed by atoms with Crippen LogP contribution in [0.15, 0.2) is 60.8 Å². The van der Waals surface area contributed by atoms with Gasteiger partial charge >= 0.3 is 6.18 Å². The quantitative estimate of drug-likeness (QED) is 0.197. The number of nitriles is 1. The third kappa shape index (κ3) is 4.81. The molecule has 11 heteroatoms. The van der Waals surface area contributed by atoms with Gasteiger partial charge in [0.2, 0.25) is 0 Å². The maximum absolute atomic E-state index is 14.6. The smallest absolute Gasteiger partial charge is 0.419 e. The summed E-state index contributed by atoms with van der Waals surface area (Å²) in [5.41, 5.74) is -1.82. The molecule has 1 aliphatic carbocycles. The van der Waals surface area contributed by atoms with E-state index in [1.807, 2.05) is 30.3 Å². The Hall–Kier alpha value is -4.04. The number of carbonyl (C=O) groups excluding carboxylic acids is 1. The van der Waals surface area contributed by atoms with Gasteiger partial charge in [-0.05, 0) is 68.1 Å². The molecule has 0 bridgehead atoms. The largest absolute Gasteiger partial charge is 0.490 e. The van der Waals surface area contributed by atoms with Crippen LogP contribution in [0.1, 0.15) is 42.5 Å². The summed E-state index contributed by atoms with van der Waals surface area (Å²) in [5, 5.41) is 9.02. The minimum Gasteiger partial charge on any atom is -0.490 e. The first-order valence-corrected chi connectivity index (χ1v) is 12.7. The fourth-order valence-electron chi connectivity index (χ4n) is 4.93. The van der Waals surface area contributed by atoms with E-state index >= 15 is 0 Å². The molecular weight excluding hydrogens is 532 g/mol. The Balaban J connectivity index is 1.42. The van der Waals surface area contributed by atoms with Crippen molar-refractivity contribution in [1.82, 2.24) is 4.98 Å². The zero-order chi connectivity index (χ0) is 27.8. The van der Waals surface area contributed by atoms with E-state index in [1.54, 1.807) is 4.90 Å². The molecule has 1 saturated heterocycles. The van der Waals surface area contributed by atoms with E-state index in [9.17, 15) is 22.4 Å². The molecule has 2 fully saturated rings. The molecule has 1 aliphatic heterocycles. The highest BCUT2D eigenvalue weighted by atomic mass is 32.1. The molecule has 200 valence electrons. The summed E-state index contributed by atoms with van der Waals surface area (Å²) in [7, 11) is 0. The first kappa shape index (κ1) is 26.6. The number of hydrogen-bond acceptors (Lipinski definition) is 5. The van der Waals surface area contributed by atoms with Crippen molar-refractivity contribution >= 4 is 34.6 Å². The molecule has 1 spiro atoms. The van der Waals surface area contributed by atoms with Crippen molar-refractivity contribution in [2.75, 3.05) is 16.4 Å². The van der Waals surface area contributed by atoms with E-state index < -0.39 is 34.7 Å². The lowest BCUT2D eigenvalue weighted by molar-refractivity contribution is -0.138. The Labute approximate surface area is 227 Å². The van der Waals surface area contributed by atoms with Gasteiger partial charge in [-0.1, -0.05) is 30.3 Å². The number of hydrogen-bond donors (Lipinski definition) is 0. The number of aryl methyl sites for hydroxylation is 1. The van der Waals surface area contributed by atoms with Gasteiger partial charge in [0.05, 0.1) is 24.1 Å². The van der Waals surface area contributed by atoms with Gasteiger partial charge in [0, 0.05) is 11.8 Å². The number of amides is 1. The minimum atomic E-state index is -4.85. The summed E-state index contributed by atoms with van der Waals surface area (Å²) in [6.07, 6.45) is -0.868. The van der Waals surface area contributed by atoms with Gasteiger partial charge in [-0.3, -0.25) is 9.69 Å². The van der Waals surface area contributed by atoms with Crippen molar-refractivity contribution in [2.45, 2.75) is 43.8 Å². The lowest BCUT2D eigenvalue weighted by Crippen LogP contribution is -2.55. The number of aromatic nitrogens is 1. The molecule has 1 aromatic heterocycles. The van der Waals surface area contributed by atoms with Crippen LogP contribution < -0.4 is 14.5 Å². The van der Waals surface area contributed by atoms with Crippen LogP contribution in [0.3, 0.4) is 0 Å². The third-order valence-electron chi connectivity index (χ3n) is 7.02. The Morgan fingerprint density at radius 1 is 1.10 bits per heavy atom. The molecule has 39 heavy (non-hydrogen) atoms. The minimum absolute atomic E-state index is 0.0110. The lowest BCUT2D eigenvalue weighted by Gasteiger charge is -2.43. The molecule has 2 aromatic carbocycles. The van der Waals surface area contributed by atoms with Crippen LogP contribution >= 0.6 is 12.2 Å². The highest BCUT2D eigenvalue weighted by Gasteiger charge is 2.60. The summed E-state index contributed by atoms with van der Waals surface area (Å²) in [6, 6.07) is 16.1. The van der Waals surface area contributed by atoms with E-state index in [4.69, 9.17) is 22.2 Å². The van der Waals surface area contributed by atoms with Gasteiger partial charge in [0.1, 0.15) is 11.6 Å². The fourth-order valence-corrected chi connectivity index (χ4v) is 5.40. The molecule has 0 radical (unpaired) electrons. The number of thiocarbonyl (C=S) groups is 1. The van der Waals surface area contributed by atoms with Crippen LogP contribution in [-0.4, -0.2) is 28.1 Å². The van der Waals surface area contributed by atoms with Crippen molar-refractivity contribution in [3.05, 3.63) is 83.4 Å². The second kappa shape index (κ2) is 10.3. The molecule has 0 unspecified atom stereocenters. The number of anilines is 2. The molecule has 2 heterocycles. The van der Waals surface area contributed by atoms with Crippen LogP contribution in [0.25, 0.3) is 0 Å². The molecule has 5 rings (SSSR count). The lowest BCUT2D eigenvalue weighted by atomic mass is 9.75. The van der Waals surface area contributed by atoms with E-state index in [2.05, 4.69) is 4.98 Å². The van der Waals surface area contributed by atoms with Crippen LogP contribution in [0.4, 0.5) is 28.9 Å². The predicted octanol–water partition coefficient (Wildman–Crippen LogP) is 6.18. The number of ether oxygens (including phenoxy) is 1. The number of benzene rings is 2. The molecule has 1 amide bonds. The monoisotopic (exact) mass is 554 g/mol. The average molecular weight is 555 g/mol. The normalized spacial score (nSPS) is 16.4. The number of alkyl halides is 3.